The van der Waals surface area contributed by atoms with Crippen LogP contribution in [0.4, 0.5) is 0 Å². The maximum atomic E-state index is 4.43. The van der Waals surface area contributed by atoms with Crippen molar-refractivity contribution in [1.29, 1.82) is 0 Å². The van der Waals surface area contributed by atoms with Crippen molar-refractivity contribution in [3.63, 3.8) is 0 Å². The van der Waals surface area contributed by atoms with Gasteiger partial charge in [-0.05, 0) is 47.7 Å². The van der Waals surface area contributed by atoms with Crippen LogP contribution in [0.5, 0.6) is 0 Å². The van der Waals surface area contributed by atoms with Crippen molar-refractivity contribution in [2.45, 2.75) is 18.9 Å². The van der Waals surface area contributed by atoms with Crippen LogP contribution in [0, 0.1) is 5.92 Å². The molecule has 0 unspecified atom stereocenters. The topological polar surface area (TPSA) is 42.7 Å². The minimum Gasteiger partial charge on any atom is -0.316 e. The van der Waals surface area contributed by atoms with E-state index in [9.17, 15) is 0 Å². The molecule has 0 aliphatic carbocycles. The molecule has 3 aromatic rings. The fraction of sp³-hybridized carbons (Fsp3) is 0.333. The van der Waals surface area contributed by atoms with E-state index >= 15 is 0 Å². The molecule has 1 aliphatic heterocycles. The summed E-state index contributed by atoms with van der Waals surface area (Å²) in [5.74, 6) is 0.530. The number of nitrogens with one attached hydrogen (secondary N) is 1. The summed E-state index contributed by atoms with van der Waals surface area (Å²) in [4.78, 5) is 1.88. The number of piperidine rings is 1. The number of rotatable bonds is 3. The summed E-state index contributed by atoms with van der Waals surface area (Å²) in [6.45, 7) is 2.15. The van der Waals surface area contributed by atoms with Crippen LogP contribution in [0.15, 0.2) is 54.9 Å². The van der Waals surface area contributed by atoms with Gasteiger partial charge in [-0.2, -0.15) is 15.0 Å². The highest BCUT2D eigenvalue weighted by Gasteiger charge is 2.27. The molecular formula is C18H20N4. The summed E-state index contributed by atoms with van der Waals surface area (Å²) < 4.78 is 0. The van der Waals surface area contributed by atoms with Gasteiger partial charge in [0, 0.05) is 6.54 Å². The Morgan fingerprint density at radius 1 is 1.05 bits per heavy atom. The molecule has 0 amide bonds. The molecule has 2 atom stereocenters. The minimum atomic E-state index is 0.201. The lowest BCUT2D eigenvalue weighted by atomic mass is 9.87. The number of fused-ring (bicyclic) bond motifs is 1. The van der Waals surface area contributed by atoms with Gasteiger partial charge in [-0.1, -0.05) is 36.4 Å². The zero-order valence-electron chi connectivity index (χ0n) is 12.5. The van der Waals surface area contributed by atoms with Gasteiger partial charge in [0.25, 0.3) is 0 Å². The predicted molar refractivity (Wildman–Crippen MR) is 87.7 cm³/mol. The van der Waals surface area contributed by atoms with Crippen LogP contribution in [-0.4, -0.2) is 28.1 Å². The van der Waals surface area contributed by atoms with Gasteiger partial charge in [-0.25, -0.2) is 0 Å². The molecule has 22 heavy (non-hydrogen) atoms. The Hall–Kier alpha value is -2.20. The van der Waals surface area contributed by atoms with Crippen LogP contribution in [0.1, 0.15) is 24.4 Å². The minimum absolute atomic E-state index is 0.201. The summed E-state index contributed by atoms with van der Waals surface area (Å²) in [5, 5.41) is 14.9. The van der Waals surface area contributed by atoms with Gasteiger partial charge in [0.15, 0.2) is 0 Å². The van der Waals surface area contributed by atoms with E-state index in [0.717, 1.165) is 13.1 Å². The van der Waals surface area contributed by atoms with Crippen LogP contribution < -0.4 is 5.32 Å². The van der Waals surface area contributed by atoms with Gasteiger partial charge in [-0.15, -0.1) is 0 Å². The second-order valence-electron chi connectivity index (χ2n) is 6.01. The van der Waals surface area contributed by atoms with Crippen molar-refractivity contribution in [2.24, 2.45) is 5.92 Å². The molecule has 0 bridgehead atoms. The SMILES string of the molecule is c1ccc2cc([C@H]([C@H]3CCCNC3)n3nccn3)ccc2c1. The highest BCUT2D eigenvalue weighted by atomic mass is 15.5. The van der Waals surface area contributed by atoms with Crippen molar-refractivity contribution in [2.75, 3.05) is 13.1 Å². The van der Waals surface area contributed by atoms with Gasteiger partial charge in [-0.3, -0.25) is 0 Å². The summed E-state index contributed by atoms with van der Waals surface area (Å²) in [5.41, 5.74) is 1.30. The van der Waals surface area contributed by atoms with E-state index in [1.54, 1.807) is 12.4 Å². The molecule has 4 rings (SSSR count). The van der Waals surface area contributed by atoms with Crippen LogP contribution in [0.25, 0.3) is 10.8 Å². The van der Waals surface area contributed by atoms with Crippen LogP contribution in [0.3, 0.4) is 0 Å². The van der Waals surface area contributed by atoms with E-state index in [4.69, 9.17) is 0 Å². The number of aromatic nitrogens is 3. The summed E-state index contributed by atoms with van der Waals surface area (Å²) in [6, 6.07) is 15.4. The monoisotopic (exact) mass is 292 g/mol. The molecule has 1 aromatic heterocycles. The normalized spacial score (nSPS) is 20.1. The fourth-order valence-electron chi connectivity index (χ4n) is 3.50. The third-order valence-electron chi connectivity index (χ3n) is 4.58. The van der Waals surface area contributed by atoms with E-state index in [2.05, 4.69) is 58.0 Å². The summed E-state index contributed by atoms with van der Waals surface area (Å²) in [7, 11) is 0. The molecule has 2 aromatic carbocycles. The highest BCUT2D eigenvalue weighted by Crippen LogP contribution is 2.31. The first-order valence-corrected chi connectivity index (χ1v) is 7.97. The average Bonchev–Trinajstić information content (AvgIpc) is 3.10. The Morgan fingerprint density at radius 3 is 2.64 bits per heavy atom. The first-order valence-electron chi connectivity index (χ1n) is 7.97. The molecule has 1 N–H and O–H groups in total. The standard InChI is InChI=1S/C18H20N4/c1-2-5-15-12-16(8-7-14(15)4-1)18(22-20-10-11-21-22)17-6-3-9-19-13-17/h1-2,4-5,7-8,10-12,17-19H,3,6,9,13H2/t17-,18+/m0/s1. The number of hydrogen-bond acceptors (Lipinski definition) is 3. The molecule has 4 nitrogen and oxygen atoms in total. The Kier molecular flexibility index (Phi) is 3.60. The molecule has 112 valence electrons. The summed E-state index contributed by atoms with van der Waals surface area (Å²) >= 11 is 0. The smallest absolute Gasteiger partial charge is 0.101 e. The molecular weight excluding hydrogens is 272 g/mol. The van der Waals surface area contributed by atoms with Crippen molar-refractivity contribution in [1.82, 2.24) is 20.3 Å². The second kappa shape index (κ2) is 5.89. The zero-order valence-corrected chi connectivity index (χ0v) is 12.5. The van der Waals surface area contributed by atoms with Gasteiger partial charge >= 0.3 is 0 Å². The Balaban J connectivity index is 1.78. The lowest BCUT2D eigenvalue weighted by Crippen LogP contribution is -2.36. The maximum Gasteiger partial charge on any atom is 0.101 e. The Morgan fingerprint density at radius 2 is 1.86 bits per heavy atom. The summed E-state index contributed by atoms with van der Waals surface area (Å²) in [6.07, 6.45) is 5.97. The van der Waals surface area contributed by atoms with E-state index in [-0.39, 0.29) is 6.04 Å². The van der Waals surface area contributed by atoms with Gasteiger partial charge in [0.05, 0.1) is 12.4 Å². The first-order chi connectivity index (χ1) is 10.9. The third-order valence-corrected chi connectivity index (χ3v) is 4.58. The van der Waals surface area contributed by atoms with Crippen LogP contribution in [0.2, 0.25) is 0 Å². The molecule has 2 heterocycles. The van der Waals surface area contributed by atoms with Crippen molar-refractivity contribution >= 4 is 10.8 Å². The predicted octanol–water partition coefficient (Wildman–Crippen LogP) is 3.02. The van der Waals surface area contributed by atoms with E-state index in [1.165, 1.54) is 29.2 Å². The largest absolute Gasteiger partial charge is 0.316 e. The quantitative estimate of drug-likeness (QED) is 0.807. The van der Waals surface area contributed by atoms with Gasteiger partial charge in [0.2, 0.25) is 0 Å². The number of nitrogens with zero attached hydrogens (tertiary/aromatic N) is 3. The molecule has 1 saturated heterocycles. The lowest BCUT2D eigenvalue weighted by Gasteiger charge is -2.30. The average molecular weight is 292 g/mol. The van der Waals surface area contributed by atoms with E-state index < -0.39 is 0 Å². The molecule has 0 spiro atoms. The molecule has 0 radical (unpaired) electrons. The van der Waals surface area contributed by atoms with Gasteiger partial charge in [0.1, 0.15) is 6.04 Å². The Labute approximate surface area is 130 Å². The molecule has 1 aliphatic rings. The first kappa shape index (κ1) is 13.5. The van der Waals surface area contributed by atoms with Crippen molar-refractivity contribution < 1.29 is 0 Å². The third kappa shape index (κ3) is 2.50. The molecule has 4 heteroatoms. The van der Waals surface area contributed by atoms with Crippen LogP contribution in [-0.2, 0) is 0 Å². The Bertz CT molecular complexity index is 745. The zero-order chi connectivity index (χ0) is 14.8. The number of benzene rings is 2. The van der Waals surface area contributed by atoms with Gasteiger partial charge < -0.3 is 5.32 Å². The maximum absolute atomic E-state index is 4.43. The molecule has 1 fully saturated rings. The van der Waals surface area contributed by atoms with E-state index in [1.807, 2.05) is 4.80 Å². The highest BCUT2D eigenvalue weighted by molar-refractivity contribution is 5.83. The lowest BCUT2D eigenvalue weighted by molar-refractivity contribution is 0.264. The van der Waals surface area contributed by atoms with Crippen LogP contribution >= 0.6 is 0 Å². The van der Waals surface area contributed by atoms with E-state index in [0.29, 0.717) is 5.92 Å². The molecule has 0 saturated carbocycles. The fourth-order valence-corrected chi connectivity index (χ4v) is 3.50. The second-order valence-corrected chi connectivity index (χ2v) is 6.01. The number of hydrogen-bond donors (Lipinski definition) is 1. The van der Waals surface area contributed by atoms with Crippen molar-refractivity contribution in [3.8, 4) is 0 Å². The van der Waals surface area contributed by atoms with Crippen molar-refractivity contribution in [3.05, 3.63) is 60.4 Å².